The third-order valence-electron chi connectivity index (χ3n) is 2.80. The van der Waals surface area contributed by atoms with E-state index in [2.05, 4.69) is 5.32 Å². The summed E-state index contributed by atoms with van der Waals surface area (Å²) in [6.07, 6.45) is 1.78. The van der Waals surface area contributed by atoms with E-state index in [1.54, 1.807) is 36.4 Å². The molecule has 0 aromatic heterocycles. The van der Waals surface area contributed by atoms with Crippen molar-refractivity contribution in [2.45, 2.75) is 12.8 Å². The Morgan fingerprint density at radius 1 is 1.10 bits per heavy atom. The number of rotatable bonds is 3. The lowest BCUT2D eigenvalue weighted by atomic mass is 10.2. The number of amides is 2. The van der Waals surface area contributed by atoms with Crippen molar-refractivity contribution in [3.63, 3.8) is 0 Å². The van der Waals surface area contributed by atoms with Crippen LogP contribution in [0.3, 0.4) is 0 Å². The molecule has 2 amide bonds. The van der Waals surface area contributed by atoms with Crippen LogP contribution in [0.2, 0.25) is 0 Å². The van der Waals surface area contributed by atoms with Crippen LogP contribution in [0.15, 0.2) is 36.0 Å². The number of nitrogens with one attached hydrogen (secondary N) is 1. The normalized spacial score (nSPS) is 13.6. The van der Waals surface area contributed by atoms with Crippen molar-refractivity contribution < 1.29 is 9.59 Å². The van der Waals surface area contributed by atoms with Crippen LogP contribution in [0.25, 0.3) is 0 Å². The second-order valence-corrected chi connectivity index (χ2v) is 4.10. The molecule has 0 radical (unpaired) electrons. The molecule has 1 aromatic carbocycles. The van der Waals surface area contributed by atoms with E-state index in [4.69, 9.17) is 10.5 Å². The van der Waals surface area contributed by atoms with Gasteiger partial charge in [0.15, 0.2) is 0 Å². The number of carbonyl (C=O) groups is 2. The first-order valence-electron chi connectivity index (χ1n) is 5.88. The number of anilines is 2. The molecule has 0 saturated carbocycles. The fourth-order valence-corrected chi connectivity index (χ4v) is 1.82. The van der Waals surface area contributed by atoms with Crippen molar-refractivity contribution in [2.24, 2.45) is 0 Å². The average molecular weight is 266 g/mol. The maximum atomic E-state index is 11.6. The van der Waals surface area contributed by atoms with E-state index < -0.39 is 0 Å². The molecule has 20 heavy (non-hydrogen) atoms. The summed E-state index contributed by atoms with van der Waals surface area (Å²) in [7, 11) is 0. The van der Waals surface area contributed by atoms with E-state index in [0.29, 0.717) is 11.4 Å². The predicted octanol–water partition coefficient (Wildman–Crippen LogP) is 1.68. The summed E-state index contributed by atoms with van der Waals surface area (Å²) in [5.74, 6) is -0.404. The monoisotopic (exact) mass is 266 g/mol. The highest BCUT2D eigenvalue weighted by Crippen LogP contribution is 2.24. The molecule has 1 N–H and O–H groups in total. The molecule has 1 aliphatic heterocycles. The van der Waals surface area contributed by atoms with Gasteiger partial charge in [-0.05, 0) is 24.3 Å². The van der Waals surface area contributed by atoms with Gasteiger partial charge >= 0.3 is 0 Å². The van der Waals surface area contributed by atoms with E-state index in [-0.39, 0.29) is 30.2 Å². The van der Waals surface area contributed by atoms with Crippen molar-refractivity contribution in [1.82, 2.24) is 0 Å². The summed E-state index contributed by atoms with van der Waals surface area (Å²) < 4.78 is 0. The van der Waals surface area contributed by atoms with Crippen LogP contribution in [0.4, 0.5) is 11.4 Å². The summed E-state index contributed by atoms with van der Waals surface area (Å²) in [5.41, 5.74) is 1.13. The number of nitriles is 2. The van der Waals surface area contributed by atoms with Gasteiger partial charge in [0.25, 0.3) is 0 Å². The molecule has 0 aliphatic carbocycles. The largest absolute Gasteiger partial charge is 0.360 e. The van der Waals surface area contributed by atoms with Crippen molar-refractivity contribution in [3.8, 4) is 12.1 Å². The highest BCUT2D eigenvalue weighted by atomic mass is 16.2. The lowest BCUT2D eigenvalue weighted by molar-refractivity contribution is -0.121. The molecule has 0 unspecified atom stereocenters. The first-order chi connectivity index (χ1) is 9.65. The van der Waals surface area contributed by atoms with Gasteiger partial charge in [0.05, 0.1) is 5.69 Å². The zero-order valence-corrected chi connectivity index (χ0v) is 10.5. The van der Waals surface area contributed by atoms with Crippen LogP contribution in [0.1, 0.15) is 12.8 Å². The van der Waals surface area contributed by atoms with Crippen LogP contribution < -0.4 is 10.2 Å². The third kappa shape index (κ3) is 2.65. The third-order valence-corrected chi connectivity index (χ3v) is 2.80. The molecule has 0 atom stereocenters. The molecule has 0 spiro atoms. The minimum absolute atomic E-state index is 0.0426. The Balaban J connectivity index is 2.14. The molecule has 6 nitrogen and oxygen atoms in total. The predicted molar refractivity (Wildman–Crippen MR) is 71.1 cm³/mol. The first-order valence-corrected chi connectivity index (χ1v) is 5.88. The molecular formula is C14H10N4O2. The van der Waals surface area contributed by atoms with Crippen molar-refractivity contribution in [2.75, 3.05) is 10.2 Å². The molecule has 1 aromatic rings. The minimum atomic E-state index is -0.202. The van der Waals surface area contributed by atoms with Gasteiger partial charge < -0.3 is 5.32 Å². The smallest absolute Gasteiger partial charge is 0.234 e. The van der Waals surface area contributed by atoms with Crippen molar-refractivity contribution in [1.29, 1.82) is 10.5 Å². The van der Waals surface area contributed by atoms with Gasteiger partial charge in [-0.15, -0.1) is 0 Å². The zero-order chi connectivity index (χ0) is 14.5. The average Bonchev–Trinajstić information content (AvgIpc) is 2.80. The fourth-order valence-electron chi connectivity index (χ4n) is 1.82. The van der Waals surface area contributed by atoms with Gasteiger partial charge in [0, 0.05) is 24.7 Å². The fraction of sp³-hybridized carbons (Fsp3) is 0.143. The number of imide groups is 1. The Kier molecular flexibility index (Phi) is 3.78. The van der Waals surface area contributed by atoms with Crippen molar-refractivity contribution >= 4 is 23.2 Å². The lowest BCUT2D eigenvalue weighted by Crippen LogP contribution is -2.28. The topological polar surface area (TPSA) is 97.0 Å². The van der Waals surface area contributed by atoms with Gasteiger partial charge in [0.2, 0.25) is 11.8 Å². The summed E-state index contributed by atoms with van der Waals surface area (Å²) in [6, 6.07) is 10.1. The number of benzene rings is 1. The highest BCUT2D eigenvalue weighted by Gasteiger charge is 2.29. The molecule has 0 bridgehead atoms. The van der Waals surface area contributed by atoms with Crippen LogP contribution in [0, 0.1) is 22.7 Å². The second kappa shape index (κ2) is 5.68. The van der Waals surface area contributed by atoms with Crippen LogP contribution in [-0.2, 0) is 9.59 Å². The molecule has 98 valence electrons. The van der Waals surface area contributed by atoms with E-state index >= 15 is 0 Å². The molecule has 1 fully saturated rings. The quantitative estimate of drug-likeness (QED) is 0.663. The lowest BCUT2D eigenvalue weighted by Gasteiger charge is -2.14. The minimum Gasteiger partial charge on any atom is -0.360 e. The molecule has 1 saturated heterocycles. The van der Waals surface area contributed by atoms with Gasteiger partial charge in [-0.1, -0.05) is 0 Å². The second-order valence-electron chi connectivity index (χ2n) is 4.10. The Bertz CT molecular complexity index is 630. The summed E-state index contributed by atoms with van der Waals surface area (Å²) in [6.45, 7) is 0. The molecular weight excluding hydrogens is 256 g/mol. The zero-order valence-electron chi connectivity index (χ0n) is 10.5. The standard InChI is InChI=1S/C14H10N4O2/c15-7-10(8-16)9-17-11-1-3-12(4-2-11)18-13(19)5-6-14(18)20/h1-4,9,17H,5-6H2. The summed E-state index contributed by atoms with van der Waals surface area (Å²) >= 11 is 0. The van der Waals surface area contributed by atoms with Gasteiger partial charge in [0.1, 0.15) is 17.7 Å². The number of carbonyl (C=O) groups excluding carboxylic acids is 2. The van der Waals surface area contributed by atoms with E-state index in [9.17, 15) is 9.59 Å². The molecule has 2 rings (SSSR count). The van der Waals surface area contributed by atoms with Gasteiger partial charge in [-0.25, -0.2) is 0 Å². The Morgan fingerprint density at radius 2 is 1.65 bits per heavy atom. The number of hydrogen-bond acceptors (Lipinski definition) is 5. The summed E-state index contributed by atoms with van der Waals surface area (Å²) in [4.78, 5) is 24.3. The Labute approximate surface area is 115 Å². The van der Waals surface area contributed by atoms with Crippen LogP contribution >= 0.6 is 0 Å². The Hall–Kier alpha value is -3.12. The van der Waals surface area contributed by atoms with E-state index in [1.807, 2.05) is 0 Å². The number of allylic oxidation sites excluding steroid dienone is 1. The Morgan fingerprint density at radius 3 is 2.15 bits per heavy atom. The van der Waals surface area contributed by atoms with Crippen LogP contribution in [-0.4, -0.2) is 11.8 Å². The van der Waals surface area contributed by atoms with E-state index in [0.717, 1.165) is 4.90 Å². The van der Waals surface area contributed by atoms with Crippen molar-refractivity contribution in [3.05, 3.63) is 36.0 Å². The summed E-state index contributed by atoms with van der Waals surface area (Å²) in [5, 5.41) is 20.0. The maximum Gasteiger partial charge on any atom is 0.234 e. The number of hydrogen-bond donors (Lipinski definition) is 1. The van der Waals surface area contributed by atoms with E-state index in [1.165, 1.54) is 6.20 Å². The maximum absolute atomic E-state index is 11.6. The van der Waals surface area contributed by atoms with Gasteiger partial charge in [-0.2, -0.15) is 10.5 Å². The highest BCUT2D eigenvalue weighted by molar-refractivity contribution is 6.19. The molecule has 1 heterocycles. The number of nitrogens with zero attached hydrogens (tertiary/aromatic N) is 3. The van der Waals surface area contributed by atoms with Crippen LogP contribution in [0.5, 0.6) is 0 Å². The SMILES string of the molecule is N#CC(C#N)=CNc1ccc(N2C(=O)CCC2=O)cc1. The van der Waals surface area contributed by atoms with Gasteiger partial charge in [-0.3, -0.25) is 14.5 Å². The molecule has 1 aliphatic rings. The molecule has 6 heteroatoms. The first kappa shape index (κ1) is 13.3.